The van der Waals surface area contributed by atoms with Crippen LogP contribution in [-0.2, 0) is 4.74 Å². The molecule has 9 nitrogen and oxygen atoms in total. The molecule has 138 valence electrons. The van der Waals surface area contributed by atoms with Crippen molar-refractivity contribution in [2.24, 2.45) is 5.92 Å². The Hall–Kier alpha value is -3.07. The monoisotopic (exact) mass is 365 g/mol. The molecule has 0 amide bonds. The topological polar surface area (TPSA) is 92.8 Å². The Morgan fingerprint density at radius 2 is 2.11 bits per heavy atom. The van der Waals surface area contributed by atoms with Gasteiger partial charge in [0.1, 0.15) is 23.6 Å². The third-order valence-electron chi connectivity index (χ3n) is 5.07. The van der Waals surface area contributed by atoms with Crippen molar-refractivity contribution in [1.29, 1.82) is 0 Å². The van der Waals surface area contributed by atoms with Gasteiger partial charge in [0.2, 0.25) is 0 Å². The third kappa shape index (κ3) is 2.62. The van der Waals surface area contributed by atoms with Crippen LogP contribution in [0.3, 0.4) is 0 Å². The molecule has 1 aliphatic heterocycles. The van der Waals surface area contributed by atoms with E-state index in [1.54, 1.807) is 6.33 Å². The highest BCUT2D eigenvalue weighted by molar-refractivity contribution is 5.77. The standard InChI is InChI=1S/C18H19N7O2/c1-3-14-11(2)8-15(26-14)24-10-21-16-17(24)19-9-20-18(16)27-25-13-7-5-4-6-12(13)22-23-25/h4-7,9-11,14-15H,3,8H2,1-2H3/t11?,14-,15-/m1/s1. The first kappa shape index (κ1) is 16.1. The Bertz CT molecular complexity index is 1110. The highest BCUT2D eigenvalue weighted by atomic mass is 16.7. The van der Waals surface area contributed by atoms with Crippen LogP contribution in [0.15, 0.2) is 36.9 Å². The van der Waals surface area contributed by atoms with Crippen LogP contribution in [0.5, 0.6) is 5.88 Å². The van der Waals surface area contributed by atoms with E-state index in [1.807, 2.05) is 28.8 Å². The molecule has 0 saturated carbocycles. The van der Waals surface area contributed by atoms with Crippen LogP contribution in [0.25, 0.3) is 22.2 Å². The predicted octanol–water partition coefficient (Wildman–Crippen LogP) is 2.75. The molecule has 1 fully saturated rings. The Morgan fingerprint density at radius 3 is 2.96 bits per heavy atom. The highest BCUT2D eigenvalue weighted by Crippen LogP contribution is 2.36. The van der Waals surface area contributed by atoms with E-state index >= 15 is 0 Å². The second-order valence-electron chi connectivity index (χ2n) is 6.80. The summed E-state index contributed by atoms with van der Waals surface area (Å²) in [5.74, 6) is 0.823. The van der Waals surface area contributed by atoms with E-state index in [9.17, 15) is 0 Å². The van der Waals surface area contributed by atoms with Gasteiger partial charge in [-0.05, 0) is 36.1 Å². The zero-order chi connectivity index (χ0) is 18.4. The molecular formula is C18H19N7O2. The van der Waals surface area contributed by atoms with Crippen LogP contribution >= 0.6 is 0 Å². The van der Waals surface area contributed by atoms with Crippen molar-refractivity contribution >= 4 is 22.2 Å². The van der Waals surface area contributed by atoms with Gasteiger partial charge in [0.05, 0.1) is 12.4 Å². The lowest BCUT2D eigenvalue weighted by Gasteiger charge is -2.14. The van der Waals surface area contributed by atoms with Crippen LogP contribution in [0.2, 0.25) is 0 Å². The van der Waals surface area contributed by atoms with Crippen molar-refractivity contribution in [3.63, 3.8) is 0 Å². The summed E-state index contributed by atoms with van der Waals surface area (Å²) in [7, 11) is 0. The van der Waals surface area contributed by atoms with E-state index in [0.717, 1.165) is 23.9 Å². The number of benzene rings is 1. The molecule has 4 heterocycles. The second kappa shape index (κ2) is 6.27. The zero-order valence-corrected chi connectivity index (χ0v) is 15.1. The molecular weight excluding hydrogens is 346 g/mol. The molecule has 1 unspecified atom stereocenters. The molecule has 1 aliphatic rings. The normalized spacial score (nSPS) is 22.7. The number of para-hydroxylation sites is 1. The lowest BCUT2D eigenvalue weighted by atomic mass is 10.0. The van der Waals surface area contributed by atoms with Crippen molar-refractivity contribution < 1.29 is 9.57 Å². The fraction of sp³-hybridized carbons (Fsp3) is 0.389. The SMILES string of the molecule is CC[C@H]1O[C@@H](n2cnc3c(On4nnc5ccccc54)ncnc32)CC1C. The number of rotatable bonds is 4. The minimum Gasteiger partial charge on any atom is -0.354 e. The predicted molar refractivity (Wildman–Crippen MR) is 96.9 cm³/mol. The summed E-state index contributed by atoms with van der Waals surface area (Å²) >= 11 is 0. The molecule has 0 bridgehead atoms. The third-order valence-corrected chi connectivity index (χ3v) is 5.07. The summed E-state index contributed by atoms with van der Waals surface area (Å²) in [6.07, 6.45) is 5.30. The Morgan fingerprint density at radius 1 is 1.22 bits per heavy atom. The first-order valence-corrected chi connectivity index (χ1v) is 9.06. The molecule has 3 atom stereocenters. The summed E-state index contributed by atoms with van der Waals surface area (Å²) in [5, 5.41) is 8.13. The quantitative estimate of drug-likeness (QED) is 0.549. The van der Waals surface area contributed by atoms with Crippen molar-refractivity contribution in [1.82, 2.24) is 34.7 Å². The molecule has 3 aromatic heterocycles. The van der Waals surface area contributed by atoms with Crippen LogP contribution < -0.4 is 4.84 Å². The molecule has 0 N–H and O–H groups in total. The fourth-order valence-corrected chi connectivity index (χ4v) is 3.64. The molecule has 0 spiro atoms. The van der Waals surface area contributed by atoms with Crippen molar-refractivity contribution in [2.45, 2.75) is 39.0 Å². The van der Waals surface area contributed by atoms with Crippen LogP contribution in [0.4, 0.5) is 0 Å². The van der Waals surface area contributed by atoms with Gasteiger partial charge in [0.25, 0.3) is 5.88 Å². The average molecular weight is 365 g/mol. The molecule has 1 saturated heterocycles. The minimum atomic E-state index is -0.0788. The fourth-order valence-electron chi connectivity index (χ4n) is 3.64. The smallest absolute Gasteiger partial charge is 0.280 e. The van der Waals surface area contributed by atoms with Crippen molar-refractivity contribution in [2.75, 3.05) is 0 Å². The van der Waals surface area contributed by atoms with Gasteiger partial charge >= 0.3 is 0 Å². The van der Waals surface area contributed by atoms with Crippen LogP contribution in [-0.4, -0.2) is 40.8 Å². The molecule has 0 radical (unpaired) electrons. The zero-order valence-electron chi connectivity index (χ0n) is 15.1. The van der Waals surface area contributed by atoms with Crippen LogP contribution in [0, 0.1) is 5.92 Å². The Labute approximate surface area is 154 Å². The maximum Gasteiger partial charge on any atom is 0.280 e. The summed E-state index contributed by atoms with van der Waals surface area (Å²) in [6.45, 7) is 4.36. The number of nitrogens with zero attached hydrogens (tertiary/aromatic N) is 7. The maximum absolute atomic E-state index is 6.17. The first-order chi connectivity index (χ1) is 13.2. The number of imidazole rings is 1. The number of aromatic nitrogens is 7. The van der Waals surface area contributed by atoms with Gasteiger partial charge < -0.3 is 9.57 Å². The van der Waals surface area contributed by atoms with Gasteiger partial charge in [-0.15, -0.1) is 5.10 Å². The van der Waals surface area contributed by atoms with E-state index in [2.05, 4.69) is 39.1 Å². The molecule has 0 aliphatic carbocycles. The molecule has 27 heavy (non-hydrogen) atoms. The Kier molecular flexibility index (Phi) is 3.75. The largest absolute Gasteiger partial charge is 0.354 e. The molecule has 9 heteroatoms. The van der Waals surface area contributed by atoms with Crippen molar-refractivity contribution in [3.8, 4) is 5.88 Å². The van der Waals surface area contributed by atoms with Gasteiger partial charge in [0.15, 0.2) is 11.2 Å². The van der Waals surface area contributed by atoms with E-state index in [1.165, 1.54) is 11.2 Å². The molecule has 5 rings (SSSR count). The van der Waals surface area contributed by atoms with Gasteiger partial charge in [-0.25, -0.2) is 9.97 Å². The summed E-state index contributed by atoms with van der Waals surface area (Å²) < 4.78 is 8.13. The number of fused-ring (bicyclic) bond motifs is 2. The number of hydrogen-bond acceptors (Lipinski definition) is 7. The van der Waals surface area contributed by atoms with E-state index in [0.29, 0.717) is 23.0 Å². The van der Waals surface area contributed by atoms with Gasteiger partial charge in [-0.1, -0.05) is 30.8 Å². The molecule has 1 aromatic carbocycles. The number of ether oxygens (including phenoxy) is 1. The van der Waals surface area contributed by atoms with Gasteiger partial charge in [-0.3, -0.25) is 4.57 Å². The first-order valence-electron chi connectivity index (χ1n) is 9.06. The van der Waals surface area contributed by atoms with Crippen LogP contribution in [0.1, 0.15) is 32.9 Å². The second-order valence-corrected chi connectivity index (χ2v) is 6.80. The van der Waals surface area contributed by atoms with Crippen molar-refractivity contribution in [3.05, 3.63) is 36.9 Å². The van der Waals surface area contributed by atoms with E-state index in [4.69, 9.17) is 9.57 Å². The summed E-state index contributed by atoms with van der Waals surface area (Å²) in [5.41, 5.74) is 2.74. The maximum atomic E-state index is 6.17. The lowest BCUT2D eigenvalue weighted by molar-refractivity contribution is -0.00305. The average Bonchev–Trinajstić information content (AvgIpc) is 3.39. The summed E-state index contributed by atoms with van der Waals surface area (Å²) in [6, 6.07) is 7.55. The van der Waals surface area contributed by atoms with E-state index < -0.39 is 0 Å². The Balaban J connectivity index is 1.51. The lowest BCUT2D eigenvalue weighted by Crippen LogP contribution is -2.12. The van der Waals surface area contributed by atoms with Gasteiger partial charge in [0, 0.05) is 0 Å². The number of hydrogen-bond donors (Lipinski definition) is 0. The van der Waals surface area contributed by atoms with Gasteiger partial charge in [-0.2, -0.15) is 4.98 Å². The minimum absolute atomic E-state index is 0.0788. The summed E-state index contributed by atoms with van der Waals surface area (Å²) in [4.78, 5) is 20.3. The molecule has 4 aromatic rings. The highest BCUT2D eigenvalue weighted by Gasteiger charge is 2.33. The van der Waals surface area contributed by atoms with E-state index in [-0.39, 0.29) is 12.3 Å².